The Bertz CT molecular complexity index is 958. The van der Waals surface area contributed by atoms with Crippen LogP contribution in [0.1, 0.15) is 278 Å². The maximum Gasteiger partial charge on any atom is 0.306 e. The van der Waals surface area contributed by atoms with Crippen LogP contribution in [0.2, 0.25) is 0 Å². The lowest BCUT2D eigenvalue weighted by atomic mass is 10.0. The Kier molecular flexibility index (Phi) is 46.8. The van der Waals surface area contributed by atoms with Crippen molar-refractivity contribution in [1.29, 1.82) is 0 Å². The zero-order valence-corrected chi connectivity index (χ0v) is 39.5. The predicted octanol–water partition coefficient (Wildman–Crippen LogP) is 16.8. The van der Waals surface area contributed by atoms with E-state index in [1.807, 2.05) is 0 Å². The Labute approximate surface area is 366 Å². The average Bonchev–Trinajstić information content (AvgIpc) is 3.23. The largest absolute Gasteiger partial charge is 0.462 e. The minimum atomic E-state index is -0.773. The molecule has 1 atom stereocenters. The van der Waals surface area contributed by atoms with E-state index in [1.54, 1.807) is 0 Å². The summed E-state index contributed by atoms with van der Waals surface area (Å²) in [7, 11) is 0. The fourth-order valence-electron chi connectivity index (χ4n) is 7.49. The van der Waals surface area contributed by atoms with Crippen molar-refractivity contribution in [2.45, 2.75) is 284 Å². The highest BCUT2D eigenvalue weighted by atomic mass is 16.6. The topological polar surface area (TPSA) is 78.9 Å². The number of rotatable bonds is 47. The van der Waals surface area contributed by atoms with Crippen molar-refractivity contribution in [3.05, 3.63) is 24.3 Å². The summed E-state index contributed by atoms with van der Waals surface area (Å²) >= 11 is 0. The van der Waals surface area contributed by atoms with Crippen LogP contribution in [0.3, 0.4) is 0 Å². The Balaban J connectivity index is 4.36. The van der Waals surface area contributed by atoms with Crippen LogP contribution in [0.5, 0.6) is 0 Å². The van der Waals surface area contributed by atoms with Crippen LogP contribution in [-0.4, -0.2) is 37.2 Å². The van der Waals surface area contributed by atoms with Crippen LogP contribution in [0.25, 0.3) is 0 Å². The van der Waals surface area contributed by atoms with Crippen molar-refractivity contribution in [1.82, 2.24) is 0 Å². The van der Waals surface area contributed by atoms with E-state index < -0.39 is 6.10 Å². The maximum atomic E-state index is 12.8. The van der Waals surface area contributed by atoms with E-state index in [4.69, 9.17) is 14.2 Å². The molecule has 0 N–H and O–H groups in total. The lowest BCUT2D eigenvalue weighted by molar-refractivity contribution is -0.167. The van der Waals surface area contributed by atoms with Crippen LogP contribution < -0.4 is 0 Å². The molecule has 0 radical (unpaired) electrons. The first-order valence-corrected chi connectivity index (χ1v) is 25.8. The van der Waals surface area contributed by atoms with E-state index in [-0.39, 0.29) is 31.1 Å². The molecule has 0 aromatic rings. The summed E-state index contributed by atoms with van der Waals surface area (Å²) in [6.07, 6.45) is 54.4. The van der Waals surface area contributed by atoms with Gasteiger partial charge in [0, 0.05) is 19.3 Å². The molecular weight excluding hydrogens is 733 g/mol. The lowest BCUT2D eigenvalue weighted by Gasteiger charge is -2.18. The number of esters is 3. The summed E-state index contributed by atoms with van der Waals surface area (Å²) in [5.41, 5.74) is 0. The monoisotopic (exact) mass is 831 g/mol. The molecule has 1 unspecified atom stereocenters. The van der Waals surface area contributed by atoms with Crippen LogP contribution in [0, 0.1) is 0 Å². The highest BCUT2D eigenvalue weighted by molar-refractivity contribution is 5.71. The summed E-state index contributed by atoms with van der Waals surface area (Å²) in [5, 5.41) is 0. The second-order valence-corrected chi connectivity index (χ2v) is 17.4. The fraction of sp³-hybridized carbons (Fsp3) is 0.868. The van der Waals surface area contributed by atoms with E-state index in [1.165, 1.54) is 167 Å². The number of allylic oxidation sites excluding steroid dienone is 4. The Morgan fingerprint density at radius 2 is 0.559 bits per heavy atom. The average molecular weight is 831 g/mol. The molecular formula is C53H98O6. The number of carbonyl (C=O) groups is 3. The van der Waals surface area contributed by atoms with Crippen molar-refractivity contribution in [2.24, 2.45) is 0 Å². The molecule has 0 aliphatic rings. The highest BCUT2D eigenvalue weighted by Gasteiger charge is 2.19. The van der Waals surface area contributed by atoms with Crippen molar-refractivity contribution < 1.29 is 28.6 Å². The van der Waals surface area contributed by atoms with Crippen molar-refractivity contribution in [3.8, 4) is 0 Å². The van der Waals surface area contributed by atoms with Crippen molar-refractivity contribution in [2.75, 3.05) is 13.2 Å². The molecule has 0 aliphatic heterocycles. The van der Waals surface area contributed by atoms with Crippen LogP contribution in [0.4, 0.5) is 0 Å². The van der Waals surface area contributed by atoms with E-state index >= 15 is 0 Å². The third kappa shape index (κ3) is 46.8. The number of carbonyl (C=O) groups excluding carboxylic acids is 3. The van der Waals surface area contributed by atoms with Gasteiger partial charge in [0.2, 0.25) is 0 Å². The fourth-order valence-corrected chi connectivity index (χ4v) is 7.49. The summed E-state index contributed by atoms with van der Waals surface area (Å²) in [6.45, 7) is 6.62. The molecule has 0 saturated heterocycles. The Hall–Kier alpha value is -2.11. The Morgan fingerprint density at radius 3 is 0.864 bits per heavy atom. The zero-order chi connectivity index (χ0) is 43.0. The molecule has 0 amide bonds. The molecule has 0 fully saturated rings. The van der Waals surface area contributed by atoms with Crippen LogP contribution in [-0.2, 0) is 28.6 Å². The number of hydrogen-bond acceptors (Lipinski definition) is 6. The van der Waals surface area contributed by atoms with Gasteiger partial charge in [-0.05, 0) is 70.6 Å². The quantitative estimate of drug-likeness (QED) is 0.0263. The standard InChI is InChI=1S/C53H98O6/c1-4-7-10-13-16-19-22-25-26-29-31-34-37-40-43-46-52(55)58-49-50(59-53(56)47-44-41-38-35-32-28-24-21-18-15-12-9-6-3)48-57-51(54)45-42-39-36-33-30-27-23-20-17-14-11-8-5-2/h21,24-26,50H,4-20,22-23,27-49H2,1-3H3/b24-21-,26-25-. The summed E-state index contributed by atoms with van der Waals surface area (Å²) in [5.74, 6) is -0.879. The van der Waals surface area contributed by atoms with Crippen molar-refractivity contribution >= 4 is 17.9 Å². The third-order valence-corrected chi connectivity index (χ3v) is 11.4. The number of ether oxygens (including phenoxy) is 3. The molecule has 0 bridgehead atoms. The van der Waals surface area contributed by atoms with Gasteiger partial charge in [-0.15, -0.1) is 0 Å². The molecule has 0 spiro atoms. The number of hydrogen-bond donors (Lipinski definition) is 0. The SMILES string of the molecule is CCCCCC/C=C\CCCCCCCC(=O)OC(COC(=O)CCCCCCC/C=C\CCCCCCCC)COC(=O)CCCCCCCCCCCCCCC. The first-order chi connectivity index (χ1) is 29.0. The molecule has 346 valence electrons. The molecule has 0 aromatic carbocycles. The van der Waals surface area contributed by atoms with Gasteiger partial charge in [0.25, 0.3) is 0 Å². The minimum Gasteiger partial charge on any atom is -0.462 e. The van der Waals surface area contributed by atoms with Gasteiger partial charge in [-0.2, -0.15) is 0 Å². The van der Waals surface area contributed by atoms with Gasteiger partial charge >= 0.3 is 17.9 Å². The third-order valence-electron chi connectivity index (χ3n) is 11.4. The highest BCUT2D eigenvalue weighted by Crippen LogP contribution is 2.15. The van der Waals surface area contributed by atoms with Gasteiger partial charge in [-0.25, -0.2) is 0 Å². The van der Waals surface area contributed by atoms with Crippen LogP contribution in [0.15, 0.2) is 24.3 Å². The van der Waals surface area contributed by atoms with Crippen LogP contribution >= 0.6 is 0 Å². The number of unbranched alkanes of at least 4 members (excludes halogenated alkanes) is 32. The van der Waals surface area contributed by atoms with Gasteiger partial charge in [0.1, 0.15) is 13.2 Å². The van der Waals surface area contributed by atoms with Gasteiger partial charge in [0.05, 0.1) is 0 Å². The van der Waals surface area contributed by atoms with E-state index in [0.717, 1.165) is 70.6 Å². The lowest BCUT2D eigenvalue weighted by Crippen LogP contribution is -2.30. The van der Waals surface area contributed by atoms with E-state index in [0.29, 0.717) is 19.3 Å². The molecule has 6 heteroatoms. The van der Waals surface area contributed by atoms with Gasteiger partial charge in [-0.3, -0.25) is 14.4 Å². The molecule has 0 heterocycles. The molecule has 0 aliphatic carbocycles. The normalized spacial score (nSPS) is 12.1. The predicted molar refractivity (Wildman–Crippen MR) is 252 cm³/mol. The summed E-state index contributed by atoms with van der Waals surface area (Å²) in [6, 6.07) is 0. The molecule has 0 saturated carbocycles. The second-order valence-electron chi connectivity index (χ2n) is 17.4. The van der Waals surface area contributed by atoms with E-state index in [2.05, 4.69) is 45.1 Å². The van der Waals surface area contributed by atoms with Gasteiger partial charge in [-0.1, -0.05) is 212 Å². The smallest absolute Gasteiger partial charge is 0.306 e. The molecule has 6 nitrogen and oxygen atoms in total. The zero-order valence-electron chi connectivity index (χ0n) is 39.5. The van der Waals surface area contributed by atoms with Crippen molar-refractivity contribution in [3.63, 3.8) is 0 Å². The summed E-state index contributed by atoms with van der Waals surface area (Å²) < 4.78 is 16.8. The van der Waals surface area contributed by atoms with Gasteiger partial charge in [0.15, 0.2) is 6.10 Å². The molecule has 59 heavy (non-hydrogen) atoms. The maximum absolute atomic E-state index is 12.8. The first-order valence-electron chi connectivity index (χ1n) is 25.8. The van der Waals surface area contributed by atoms with Gasteiger partial charge < -0.3 is 14.2 Å². The first kappa shape index (κ1) is 56.9. The minimum absolute atomic E-state index is 0.0736. The second kappa shape index (κ2) is 48.6. The molecule has 0 rings (SSSR count). The Morgan fingerprint density at radius 1 is 0.322 bits per heavy atom. The van der Waals surface area contributed by atoms with E-state index in [9.17, 15) is 14.4 Å². The molecule has 0 aromatic heterocycles. The summed E-state index contributed by atoms with van der Waals surface area (Å²) in [4.78, 5) is 37.9.